The molecule has 0 saturated carbocycles. The highest BCUT2D eigenvalue weighted by Gasteiger charge is 2.35. The number of hydrogen-bond acceptors (Lipinski definition) is 2. The molecule has 0 aliphatic carbocycles. The van der Waals surface area contributed by atoms with Crippen LogP contribution in [0.15, 0.2) is 36.4 Å². The summed E-state index contributed by atoms with van der Waals surface area (Å²) < 4.78 is 0. The molecule has 0 bridgehead atoms. The monoisotopic (exact) mass is 356 g/mol. The second-order valence-corrected chi connectivity index (χ2v) is 7.08. The minimum Gasteiger partial charge on any atom is -0.326 e. The first-order valence-electron chi connectivity index (χ1n) is 8.30. The Morgan fingerprint density at radius 1 is 1.12 bits per heavy atom. The molecule has 1 saturated heterocycles. The average molecular weight is 357 g/mol. The van der Waals surface area contributed by atoms with Crippen molar-refractivity contribution in [3.63, 3.8) is 0 Å². The summed E-state index contributed by atoms with van der Waals surface area (Å²) in [4.78, 5) is 26.7. The second kappa shape index (κ2) is 6.89. The van der Waals surface area contributed by atoms with E-state index in [1.807, 2.05) is 45.0 Å². The van der Waals surface area contributed by atoms with Gasteiger partial charge in [0.2, 0.25) is 11.8 Å². The predicted molar refractivity (Wildman–Crippen MR) is 101 cm³/mol. The molecule has 1 unspecified atom stereocenters. The summed E-state index contributed by atoms with van der Waals surface area (Å²) in [5, 5.41) is 3.53. The van der Waals surface area contributed by atoms with Crippen LogP contribution in [-0.4, -0.2) is 18.4 Å². The van der Waals surface area contributed by atoms with E-state index in [0.29, 0.717) is 11.6 Å². The normalized spacial score (nSPS) is 17.0. The van der Waals surface area contributed by atoms with Crippen molar-refractivity contribution < 1.29 is 9.59 Å². The molecular weight excluding hydrogens is 336 g/mol. The zero-order chi connectivity index (χ0) is 18.1. The molecule has 2 aromatic rings. The molecule has 1 aliphatic heterocycles. The minimum absolute atomic E-state index is 0.0499. The van der Waals surface area contributed by atoms with Crippen LogP contribution in [0.1, 0.15) is 23.1 Å². The number of benzene rings is 2. The smallest absolute Gasteiger partial charge is 0.229 e. The number of rotatable bonds is 3. The molecule has 5 heteroatoms. The molecule has 4 nitrogen and oxygen atoms in total. The number of aryl methyl sites for hydroxylation is 3. The fourth-order valence-corrected chi connectivity index (χ4v) is 3.34. The van der Waals surface area contributed by atoms with Crippen molar-refractivity contribution in [3.05, 3.63) is 58.1 Å². The maximum atomic E-state index is 12.6. The van der Waals surface area contributed by atoms with Gasteiger partial charge in [-0.2, -0.15) is 0 Å². The maximum absolute atomic E-state index is 12.6. The summed E-state index contributed by atoms with van der Waals surface area (Å²) in [5.74, 6) is -0.541. The Bertz CT molecular complexity index is 848. The quantitative estimate of drug-likeness (QED) is 0.893. The van der Waals surface area contributed by atoms with Crippen LogP contribution in [0.5, 0.6) is 0 Å². The topological polar surface area (TPSA) is 49.4 Å². The summed E-state index contributed by atoms with van der Waals surface area (Å²) >= 11 is 6.06. The number of carbonyl (C=O) groups is 2. The van der Waals surface area contributed by atoms with E-state index >= 15 is 0 Å². The molecule has 2 amide bonds. The Morgan fingerprint density at radius 2 is 1.88 bits per heavy atom. The number of hydrogen-bond donors (Lipinski definition) is 1. The zero-order valence-electron chi connectivity index (χ0n) is 14.6. The number of carbonyl (C=O) groups excluding carboxylic acids is 2. The van der Waals surface area contributed by atoms with E-state index in [0.717, 1.165) is 28.1 Å². The molecule has 1 atom stereocenters. The van der Waals surface area contributed by atoms with Gasteiger partial charge in [0.15, 0.2) is 0 Å². The molecule has 1 N–H and O–H groups in total. The van der Waals surface area contributed by atoms with Crippen LogP contribution in [0.3, 0.4) is 0 Å². The van der Waals surface area contributed by atoms with Crippen LogP contribution in [0.2, 0.25) is 5.02 Å². The van der Waals surface area contributed by atoms with Gasteiger partial charge in [-0.15, -0.1) is 0 Å². The van der Waals surface area contributed by atoms with Crippen LogP contribution >= 0.6 is 11.6 Å². The van der Waals surface area contributed by atoms with Gasteiger partial charge in [0.05, 0.1) is 5.92 Å². The van der Waals surface area contributed by atoms with E-state index in [-0.39, 0.29) is 24.2 Å². The Morgan fingerprint density at radius 3 is 2.60 bits per heavy atom. The third-order valence-corrected chi connectivity index (χ3v) is 4.83. The Hall–Kier alpha value is -2.33. The minimum atomic E-state index is -0.369. The van der Waals surface area contributed by atoms with Gasteiger partial charge < -0.3 is 10.2 Å². The first kappa shape index (κ1) is 17.5. The van der Waals surface area contributed by atoms with Crippen LogP contribution in [0, 0.1) is 26.7 Å². The number of amides is 2. The van der Waals surface area contributed by atoms with Crippen molar-refractivity contribution in [2.75, 3.05) is 16.8 Å². The molecule has 0 spiro atoms. The van der Waals surface area contributed by atoms with Gasteiger partial charge in [-0.25, -0.2) is 0 Å². The molecule has 0 radical (unpaired) electrons. The standard InChI is InChI=1S/C20H21ClN2O2/c1-12-4-7-17(14(3)8-12)22-20(25)15-9-19(24)23(11-15)18-10-16(21)6-5-13(18)2/h4-8,10,15H,9,11H2,1-3H3,(H,22,25). The molecule has 1 fully saturated rings. The van der Waals surface area contributed by atoms with Crippen LogP contribution < -0.4 is 10.2 Å². The van der Waals surface area contributed by atoms with Gasteiger partial charge in [0.25, 0.3) is 0 Å². The lowest BCUT2D eigenvalue weighted by Gasteiger charge is -2.19. The summed E-state index contributed by atoms with van der Waals surface area (Å²) in [5.41, 5.74) is 4.70. The number of nitrogens with one attached hydrogen (secondary N) is 1. The van der Waals surface area contributed by atoms with E-state index in [4.69, 9.17) is 11.6 Å². The van der Waals surface area contributed by atoms with Gasteiger partial charge in [0.1, 0.15) is 0 Å². The molecular formula is C20H21ClN2O2. The molecule has 3 rings (SSSR count). The number of halogens is 1. The van der Waals surface area contributed by atoms with E-state index < -0.39 is 0 Å². The van der Waals surface area contributed by atoms with Crippen molar-refractivity contribution in [1.29, 1.82) is 0 Å². The third-order valence-electron chi connectivity index (χ3n) is 4.60. The van der Waals surface area contributed by atoms with Crippen molar-refractivity contribution in [1.82, 2.24) is 0 Å². The third kappa shape index (κ3) is 3.69. The Kier molecular flexibility index (Phi) is 4.82. The SMILES string of the molecule is Cc1ccc(NC(=O)C2CC(=O)N(c3cc(Cl)ccc3C)C2)c(C)c1. The lowest BCUT2D eigenvalue weighted by molar-refractivity contribution is -0.122. The summed E-state index contributed by atoms with van der Waals surface area (Å²) in [6.07, 6.45) is 0.211. The molecule has 2 aromatic carbocycles. The zero-order valence-corrected chi connectivity index (χ0v) is 15.4. The summed E-state index contributed by atoms with van der Waals surface area (Å²) in [7, 11) is 0. The van der Waals surface area contributed by atoms with E-state index in [1.54, 1.807) is 17.0 Å². The fraction of sp³-hybridized carbons (Fsp3) is 0.300. The Labute approximate surface area is 152 Å². The largest absolute Gasteiger partial charge is 0.326 e. The average Bonchev–Trinajstić information content (AvgIpc) is 2.94. The van der Waals surface area contributed by atoms with Crippen molar-refractivity contribution in [2.24, 2.45) is 5.92 Å². The van der Waals surface area contributed by atoms with E-state index in [9.17, 15) is 9.59 Å². The van der Waals surface area contributed by atoms with Gasteiger partial charge in [-0.05, 0) is 50.1 Å². The van der Waals surface area contributed by atoms with Gasteiger partial charge in [-0.1, -0.05) is 35.4 Å². The molecule has 130 valence electrons. The number of anilines is 2. The lowest BCUT2D eigenvalue weighted by atomic mass is 10.1. The van der Waals surface area contributed by atoms with Crippen LogP contribution in [-0.2, 0) is 9.59 Å². The molecule has 25 heavy (non-hydrogen) atoms. The van der Waals surface area contributed by atoms with Crippen molar-refractivity contribution in [2.45, 2.75) is 27.2 Å². The maximum Gasteiger partial charge on any atom is 0.229 e. The highest BCUT2D eigenvalue weighted by Crippen LogP contribution is 2.31. The fourth-order valence-electron chi connectivity index (χ4n) is 3.18. The molecule has 1 aliphatic rings. The first-order valence-corrected chi connectivity index (χ1v) is 8.67. The second-order valence-electron chi connectivity index (χ2n) is 6.64. The molecule has 1 heterocycles. The highest BCUT2D eigenvalue weighted by molar-refractivity contribution is 6.31. The van der Waals surface area contributed by atoms with Crippen molar-refractivity contribution >= 4 is 34.8 Å². The van der Waals surface area contributed by atoms with E-state index in [2.05, 4.69) is 5.32 Å². The van der Waals surface area contributed by atoms with Gasteiger partial charge >= 0.3 is 0 Å². The summed E-state index contributed by atoms with van der Waals surface area (Å²) in [6, 6.07) is 11.3. The Balaban J connectivity index is 1.75. The van der Waals surface area contributed by atoms with Crippen LogP contribution in [0.4, 0.5) is 11.4 Å². The van der Waals surface area contributed by atoms with Crippen LogP contribution in [0.25, 0.3) is 0 Å². The van der Waals surface area contributed by atoms with Gasteiger partial charge in [-0.3, -0.25) is 9.59 Å². The summed E-state index contributed by atoms with van der Waals surface area (Å²) in [6.45, 7) is 6.28. The lowest BCUT2D eigenvalue weighted by Crippen LogP contribution is -2.28. The predicted octanol–water partition coefficient (Wildman–Crippen LogP) is 4.26. The number of nitrogens with zero attached hydrogens (tertiary/aromatic N) is 1. The van der Waals surface area contributed by atoms with Gasteiger partial charge in [0, 0.05) is 29.4 Å². The highest BCUT2D eigenvalue weighted by atomic mass is 35.5. The molecule has 0 aromatic heterocycles. The van der Waals surface area contributed by atoms with Crippen molar-refractivity contribution in [3.8, 4) is 0 Å². The van der Waals surface area contributed by atoms with E-state index in [1.165, 1.54) is 0 Å². The first-order chi connectivity index (χ1) is 11.8.